The van der Waals surface area contributed by atoms with Crippen molar-refractivity contribution in [3.05, 3.63) is 59.7 Å². The topological polar surface area (TPSA) is 84.5 Å². The van der Waals surface area contributed by atoms with Gasteiger partial charge in [-0.15, -0.1) is 0 Å². The third kappa shape index (κ3) is 5.27. The molecule has 0 aromatic heterocycles. The van der Waals surface area contributed by atoms with Crippen molar-refractivity contribution in [2.75, 3.05) is 24.6 Å². The maximum atomic E-state index is 12.3. The van der Waals surface area contributed by atoms with Crippen LogP contribution in [0.4, 0.5) is 5.69 Å². The molecule has 2 N–H and O–H groups in total. The van der Waals surface area contributed by atoms with Crippen LogP contribution < -0.4 is 14.8 Å². The van der Waals surface area contributed by atoms with Crippen LogP contribution in [0.3, 0.4) is 0 Å². The van der Waals surface area contributed by atoms with Crippen LogP contribution in [0.2, 0.25) is 0 Å². The number of para-hydroxylation sites is 1. The number of benzene rings is 2. The Morgan fingerprint density at radius 2 is 1.75 bits per heavy atom. The Morgan fingerprint density at radius 3 is 2.38 bits per heavy atom. The highest BCUT2D eigenvalue weighted by Crippen LogP contribution is 2.16. The lowest BCUT2D eigenvalue weighted by molar-refractivity contribution is 0.0955. The summed E-state index contributed by atoms with van der Waals surface area (Å²) in [6, 6.07) is 14.1. The minimum absolute atomic E-state index is 0.266. The Bertz CT molecular complexity index is 802. The van der Waals surface area contributed by atoms with Crippen LogP contribution in [-0.2, 0) is 16.4 Å². The zero-order valence-corrected chi connectivity index (χ0v) is 14.4. The van der Waals surface area contributed by atoms with Gasteiger partial charge < -0.3 is 10.1 Å². The Hall–Kier alpha value is -2.54. The highest BCUT2D eigenvalue weighted by molar-refractivity contribution is 7.92. The first-order valence-corrected chi connectivity index (χ1v) is 9.26. The average molecular weight is 348 g/mol. The lowest BCUT2D eigenvalue weighted by atomic mass is 10.1. The molecule has 2 aromatic carbocycles. The maximum Gasteiger partial charge on any atom is 0.253 e. The number of sulfonamides is 1. The summed E-state index contributed by atoms with van der Waals surface area (Å²) in [5.41, 5.74) is 1.62. The molecule has 0 radical (unpaired) electrons. The Morgan fingerprint density at radius 1 is 1.08 bits per heavy atom. The number of hydrogen-bond donors (Lipinski definition) is 2. The summed E-state index contributed by atoms with van der Waals surface area (Å²) in [6.45, 7) is 0.443. The number of rotatable bonds is 7. The lowest BCUT2D eigenvalue weighted by Gasteiger charge is -2.11. The van der Waals surface area contributed by atoms with Gasteiger partial charge in [0.25, 0.3) is 5.91 Å². The molecule has 6 nitrogen and oxygen atoms in total. The van der Waals surface area contributed by atoms with Crippen molar-refractivity contribution in [1.82, 2.24) is 5.32 Å². The van der Waals surface area contributed by atoms with Gasteiger partial charge in [-0.25, -0.2) is 8.42 Å². The number of ether oxygens (including phenoxy) is 1. The second-order valence-corrected chi connectivity index (χ2v) is 7.02. The molecule has 7 heteroatoms. The SMILES string of the molecule is COc1ccc(CCNC(=O)c2ccccc2NS(C)(=O)=O)cc1. The molecule has 0 heterocycles. The zero-order valence-electron chi connectivity index (χ0n) is 13.6. The normalized spacial score (nSPS) is 10.9. The molecule has 24 heavy (non-hydrogen) atoms. The predicted octanol–water partition coefficient (Wildman–Crippen LogP) is 2.04. The number of amides is 1. The fourth-order valence-corrected chi connectivity index (χ4v) is 2.76. The second-order valence-electron chi connectivity index (χ2n) is 5.27. The fraction of sp³-hybridized carbons (Fsp3) is 0.235. The highest BCUT2D eigenvalue weighted by atomic mass is 32.2. The minimum atomic E-state index is -3.45. The standard InChI is InChI=1S/C17H20N2O4S/c1-23-14-9-7-13(8-10-14)11-12-18-17(20)15-5-3-4-6-16(15)19-24(2,21)22/h3-10,19H,11-12H2,1-2H3,(H,18,20). The van der Waals surface area contributed by atoms with E-state index >= 15 is 0 Å². The number of carbonyl (C=O) groups excluding carboxylic acids is 1. The number of carbonyl (C=O) groups is 1. The molecule has 0 saturated heterocycles. The van der Waals surface area contributed by atoms with Crippen molar-refractivity contribution in [3.63, 3.8) is 0 Å². The lowest BCUT2D eigenvalue weighted by Crippen LogP contribution is -2.27. The van der Waals surface area contributed by atoms with Crippen molar-refractivity contribution >= 4 is 21.6 Å². The average Bonchev–Trinajstić information content (AvgIpc) is 2.54. The van der Waals surface area contributed by atoms with Crippen molar-refractivity contribution in [2.45, 2.75) is 6.42 Å². The van der Waals surface area contributed by atoms with Gasteiger partial charge in [-0.05, 0) is 36.2 Å². The van der Waals surface area contributed by atoms with E-state index in [-0.39, 0.29) is 17.2 Å². The van der Waals surface area contributed by atoms with Gasteiger partial charge in [0.2, 0.25) is 10.0 Å². The fourth-order valence-electron chi connectivity index (χ4n) is 2.18. The van der Waals surface area contributed by atoms with E-state index in [0.717, 1.165) is 17.6 Å². The number of hydrogen-bond acceptors (Lipinski definition) is 4. The monoisotopic (exact) mass is 348 g/mol. The largest absolute Gasteiger partial charge is 0.497 e. The van der Waals surface area contributed by atoms with Crippen molar-refractivity contribution in [3.8, 4) is 5.75 Å². The van der Waals surface area contributed by atoms with Gasteiger partial charge in [-0.1, -0.05) is 24.3 Å². The summed E-state index contributed by atoms with van der Waals surface area (Å²) in [7, 11) is -1.84. The molecule has 0 fully saturated rings. The molecule has 0 aliphatic heterocycles. The van der Waals surface area contributed by atoms with Gasteiger partial charge in [0.05, 0.1) is 24.6 Å². The molecule has 128 valence electrons. The molecular formula is C17H20N2O4S. The van der Waals surface area contributed by atoms with Crippen LogP contribution in [0.25, 0.3) is 0 Å². The Balaban J connectivity index is 1.97. The molecule has 2 aromatic rings. The third-order valence-electron chi connectivity index (χ3n) is 3.33. The van der Waals surface area contributed by atoms with Crippen LogP contribution in [-0.4, -0.2) is 34.2 Å². The van der Waals surface area contributed by atoms with E-state index in [1.165, 1.54) is 0 Å². The summed E-state index contributed by atoms with van der Waals surface area (Å²) in [5.74, 6) is 0.457. The van der Waals surface area contributed by atoms with Crippen molar-refractivity contribution in [1.29, 1.82) is 0 Å². The van der Waals surface area contributed by atoms with Gasteiger partial charge in [0.15, 0.2) is 0 Å². The molecule has 0 aliphatic rings. The Labute approximate surface area is 141 Å². The summed E-state index contributed by atoms with van der Waals surface area (Å²) < 4.78 is 30.2. The summed E-state index contributed by atoms with van der Waals surface area (Å²) in [4.78, 5) is 12.3. The van der Waals surface area contributed by atoms with Crippen LogP contribution in [0.5, 0.6) is 5.75 Å². The quantitative estimate of drug-likeness (QED) is 0.802. The third-order valence-corrected chi connectivity index (χ3v) is 3.92. The van der Waals surface area contributed by atoms with E-state index in [1.807, 2.05) is 24.3 Å². The van der Waals surface area contributed by atoms with Crippen LogP contribution in [0.1, 0.15) is 15.9 Å². The summed E-state index contributed by atoms with van der Waals surface area (Å²) in [6.07, 6.45) is 1.71. The summed E-state index contributed by atoms with van der Waals surface area (Å²) in [5, 5.41) is 2.80. The van der Waals surface area contributed by atoms with Crippen molar-refractivity contribution in [2.24, 2.45) is 0 Å². The molecule has 0 bridgehead atoms. The van der Waals surface area contributed by atoms with E-state index in [4.69, 9.17) is 4.74 Å². The molecule has 0 aliphatic carbocycles. The summed E-state index contributed by atoms with van der Waals surface area (Å²) >= 11 is 0. The van der Waals surface area contributed by atoms with E-state index in [0.29, 0.717) is 13.0 Å². The van der Waals surface area contributed by atoms with E-state index in [1.54, 1.807) is 31.4 Å². The molecule has 0 atom stereocenters. The van der Waals surface area contributed by atoms with Crippen LogP contribution >= 0.6 is 0 Å². The molecule has 1 amide bonds. The van der Waals surface area contributed by atoms with E-state index in [9.17, 15) is 13.2 Å². The first kappa shape index (κ1) is 17.8. The highest BCUT2D eigenvalue weighted by Gasteiger charge is 2.13. The van der Waals surface area contributed by atoms with Crippen LogP contribution in [0, 0.1) is 0 Å². The van der Waals surface area contributed by atoms with Gasteiger partial charge in [-0.3, -0.25) is 9.52 Å². The van der Waals surface area contributed by atoms with Crippen LogP contribution in [0.15, 0.2) is 48.5 Å². The van der Waals surface area contributed by atoms with Gasteiger partial charge in [0.1, 0.15) is 5.75 Å². The molecule has 0 spiro atoms. The number of anilines is 1. The first-order chi connectivity index (χ1) is 11.4. The molecular weight excluding hydrogens is 328 g/mol. The van der Waals surface area contributed by atoms with E-state index < -0.39 is 10.0 Å². The predicted molar refractivity (Wildman–Crippen MR) is 93.9 cm³/mol. The maximum absolute atomic E-state index is 12.3. The minimum Gasteiger partial charge on any atom is -0.497 e. The number of methoxy groups -OCH3 is 1. The van der Waals surface area contributed by atoms with Crippen molar-refractivity contribution < 1.29 is 17.9 Å². The van der Waals surface area contributed by atoms with Gasteiger partial charge in [0, 0.05) is 6.54 Å². The van der Waals surface area contributed by atoms with Gasteiger partial charge >= 0.3 is 0 Å². The molecule has 0 unspecified atom stereocenters. The van der Waals surface area contributed by atoms with E-state index in [2.05, 4.69) is 10.0 Å². The smallest absolute Gasteiger partial charge is 0.253 e. The number of nitrogens with one attached hydrogen (secondary N) is 2. The second kappa shape index (κ2) is 7.83. The Kier molecular flexibility index (Phi) is 5.81. The van der Waals surface area contributed by atoms with Gasteiger partial charge in [-0.2, -0.15) is 0 Å². The first-order valence-electron chi connectivity index (χ1n) is 7.37. The molecule has 0 saturated carbocycles. The zero-order chi connectivity index (χ0) is 17.6. The molecule has 2 rings (SSSR count).